The van der Waals surface area contributed by atoms with Gasteiger partial charge < -0.3 is 17.2 Å². The Kier molecular flexibility index (Phi) is 17.4. The number of guanidine groups is 1. The predicted molar refractivity (Wildman–Crippen MR) is 166 cm³/mol. The van der Waals surface area contributed by atoms with Crippen LogP contribution in [0, 0.1) is 5.92 Å². The fraction of sp³-hybridized carbons (Fsp3) is 0.485. The van der Waals surface area contributed by atoms with Gasteiger partial charge in [0.2, 0.25) is 0 Å². The summed E-state index contributed by atoms with van der Waals surface area (Å²) >= 11 is 0. The summed E-state index contributed by atoms with van der Waals surface area (Å²) in [7, 11) is 0. The van der Waals surface area contributed by atoms with Gasteiger partial charge in [0.15, 0.2) is 5.96 Å². The van der Waals surface area contributed by atoms with Crippen LogP contribution in [-0.2, 0) is 12.8 Å². The SMILES string of the molecule is CCC1CCCCC1.CCCCN=C(N)N.CCc1ccc(N)cc1.CCc1cccc2ccccc12. The lowest BCUT2D eigenvalue weighted by Crippen LogP contribution is -2.22. The summed E-state index contributed by atoms with van der Waals surface area (Å²) in [6.45, 7) is 9.50. The van der Waals surface area contributed by atoms with Crippen molar-refractivity contribution in [3.63, 3.8) is 0 Å². The highest BCUT2D eigenvalue weighted by Crippen LogP contribution is 2.25. The van der Waals surface area contributed by atoms with Crippen molar-refractivity contribution in [2.75, 3.05) is 12.3 Å². The monoisotopic (exact) mass is 504 g/mol. The van der Waals surface area contributed by atoms with Crippen LogP contribution in [0.25, 0.3) is 10.8 Å². The van der Waals surface area contributed by atoms with E-state index in [4.69, 9.17) is 17.2 Å². The number of aliphatic imine (C=N–C) groups is 1. The van der Waals surface area contributed by atoms with Crippen molar-refractivity contribution in [1.82, 2.24) is 0 Å². The van der Waals surface area contributed by atoms with Gasteiger partial charge in [0.1, 0.15) is 0 Å². The highest BCUT2D eigenvalue weighted by Gasteiger charge is 2.09. The fourth-order valence-corrected chi connectivity index (χ4v) is 4.32. The Bertz CT molecular complexity index is 979. The molecule has 1 aliphatic rings. The number of hydrogen-bond donors (Lipinski definition) is 3. The number of fused-ring (bicyclic) bond motifs is 1. The molecule has 1 fully saturated rings. The van der Waals surface area contributed by atoms with E-state index in [0.29, 0.717) is 0 Å². The predicted octanol–water partition coefficient (Wildman–Crippen LogP) is 8.27. The minimum Gasteiger partial charge on any atom is -0.399 e. The van der Waals surface area contributed by atoms with E-state index in [-0.39, 0.29) is 5.96 Å². The standard InChI is InChI=1S/C12H12.C8H11N.C8H16.C5H13N3/c1-2-10-7-5-8-11-6-3-4-9-12(10)11;1-2-7-3-5-8(9)6-4-7;1-2-8-6-4-3-5-7-8;1-2-3-4-8-5(6)7/h3-9H,2H2,1H3;3-6H,2,9H2,1H3;8H,2-7H2,1H3;2-4H2,1H3,(H4,6,7,8). The first-order valence-corrected chi connectivity index (χ1v) is 14.3. The number of nitrogens with two attached hydrogens (primary N) is 3. The molecule has 4 nitrogen and oxygen atoms in total. The maximum absolute atomic E-state index is 5.48. The number of nitrogen functional groups attached to an aromatic ring is 1. The van der Waals surface area contributed by atoms with Crippen LogP contribution in [0.2, 0.25) is 0 Å². The average Bonchev–Trinajstić information content (AvgIpc) is 2.94. The number of unbranched alkanes of at least 4 members (excludes halogenated alkanes) is 1. The molecular weight excluding hydrogens is 452 g/mol. The first-order valence-electron chi connectivity index (χ1n) is 14.3. The van der Waals surface area contributed by atoms with Crippen LogP contribution in [0.15, 0.2) is 71.7 Å². The van der Waals surface area contributed by atoms with E-state index in [0.717, 1.165) is 43.8 Å². The highest BCUT2D eigenvalue weighted by atomic mass is 15.0. The molecule has 4 rings (SSSR count). The zero-order valence-electron chi connectivity index (χ0n) is 23.9. The summed E-state index contributed by atoms with van der Waals surface area (Å²) in [5, 5.41) is 2.74. The lowest BCUT2D eigenvalue weighted by atomic mass is 9.88. The Morgan fingerprint density at radius 1 is 0.784 bits per heavy atom. The van der Waals surface area contributed by atoms with Crippen LogP contribution >= 0.6 is 0 Å². The second-order valence-corrected chi connectivity index (χ2v) is 9.66. The van der Waals surface area contributed by atoms with Crippen molar-refractivity contribution in [1.29, 1.82) is 0 Å². The van der Waals surface area contributed by atoms with Gasteiger partial charge in [-0.25, -0.2) is 0 Å². The number of nitrogens with zero attached hydrogens (tertiary/aromatic N) is 1. The molecule has 0 amide bonds. The summed E-state index contributed by atoms with van der Waals surface area (Å²) < 4.78 is 0. The van der Waals surface area contributed by atoms with Gasteiger partial charge in [-0.1, -0.05) is 127 Å². The molecule has 0 saturated heterocycles. The molecule has 0 aliphatic heterocycles. The minimum absolute atomic E-state index is 0.193. The zero-order chi connectivity index (χ0) is 27.3. The molecule has 0 spiro atoms. The molecule has 1 aliphatic carbocycles. The van der Waals surface area contributed by atoms with E-state index in [9.17, 15) is 0 Å². The van der Waals surface area contributed by atoms with Gasteiger partial charge in [-0.15, -0.1) is 0 Å². The van der Waals surface area contributed by atoms with Gasteiger partial charge in [-0.3, -0.25) is 4.99 Å². The molecule has 1 saturated carbocycles. The van der Waals surface area contributed by atoms with E-state index in [1.165, 1.54) is 60.4 Å². The third-order valence-corrected chi connectivity index (χ3v) is 6.76. The molecule has 204 valence electrons. The molecule has 3 aromatic rings. The van der Waals surface area contributed by atoms with E-state index in [2.05, 4.69) is 87.3 Å². The lowest BCUT2D eigenvalue weighted by molar-refractivity contribution is 0.349. The molecule has 6 N–H and O–H groups in total. The molecule has 0 bridgehead atoms. The third-order valence-electron chi connectivity index (χ3n) is 6.76. The van der Waals surface area contributed by atoms with Crippen LogP contribution in [0.4, 0.5) is 5.69 Å². The number of benzene rings is 3. The Hall–Kier alpha value is -3.01. The Balaban J connectivity index is 0.000000251. The van der Waals surface area contributed by atoms with Crippen molar-refractivity contribution in [2.45, 2.75) is 91.9 Å². The highest BCUT2D eigenvalue weighted by molar-refractivity contribution is 5.85. The van der Waals surface area contributed by atoms with Crippen molar-refractivity contribution < 1.29 is 0 Å². The lowest BCUT2D eigenvalue weighted by Gasteiger charge is -2.18. The van der Waals surface area contributed by atoms with E-state index in [1.54, 1.807) is 0 Å². The van der Waals surface area contributed by atoms with E-state index < -0.39 is 0 Å². The molecule has 0 unspecified atom stereocenters. The van der Waals surface area contributed by atoms with Crippen LogP contribution in [-0.4, -0.2) is 12.5 Å². The van der Waals surface area contributed by atoms with Gasteiger partial charge in [-0.05, 0) is 59.2 Å². The third kappa shape index (κ3) is 14.3. The number of aryl methyl sites for hydroxylation is 2. The molecule has 0 radical (unpaired) electrons. The van der Waals surface area contributed by atoms with Gasteiger partial charge >= 0.3 is 0 Å². The van der Waals surface area contributed by atoms with E-state index >= 15 is 0 Å². The van der Waals surface area contributed by atoms with Gasteiger partial charge in [0, 0.05) is 12.2 Å². The smallest absolute Gasteiger partial charge is 0.185 e. The Morgan fingerprint density at radius 2 is 1.43 bits per heavy atom. The molecule has 37 heavy (non-hydrogen) atoms. The van der Waals surface area contributed by atoms with Gasteiger partial charge in [-0.2, -0.15) is 0 Å². The number of rotatable bonds is 6. The van der Waals surface area contributed by atoms with Crippen LogP contribution in [0.3, 0.4) is 0 Å². The molecule has 0 aromatic heterocycles. The molecule has 3 aromatic carbocycles. The van der Waals surface area contributed by atoms with Gasteiger partial charge in [0.25, 0.3) is 0 Å². The molecular formula is C33H52N4. The Morgan fingerprint density at radius 3 is 1.97 bits per heavy atom. The van der Waals surface area contributed by atoms with Crippen molar-refractivity contribution >= 4 is 22.4 Å². The maximum Gasteiger partial charge on any atom is 0.185 e. The van der Waals surface area contributed by atoms with Crippen molar-refractivity contribution in [3.8, 4) is 0 Å². The Labute approximate surface area is 226 Å². The summed E-state index contributed by atoms with van der Waals surface area (Å²) in [6, 6.07) is 23.0. The average molecular weight is 505 g/mol. The second-order valence-electron chi connectivity index (χ2n) is 9.66. The summed E-state index contributed by atoms with van der Waals surface area (Å²) in [4.78, 5) is 3.79. The summed E-state index contributed by atoms with van der Waals surface area (Å²) in [5.74, 6) is 1.28. The topological polar surface area (TPSA) is 90.4 Å². The quantitative estimate of drug-likeness (QED) is 0.136. The maximum atomic E-state index is 5.48. The van der Waals surface area contributed by atoms with Crippen molar-refractivity contribution in [3.05, 3.63) is 77.9 Å². The normalized spacial score (nSPS) is 12.6. The first kappa shape index (κ1) is 32.0. The van der Waals surface area contributed by atoms with Crippen molar-refractivity contribution in [2.24, 2.45) is 22.4 Å². The van der Waals surface area contributed by atoms with Crippen LogP contribution < -0.4 is 17.2 Å². The number of anilines is 1. The van der Waals surface area contributed by atoms with Crippen LogP contribution in [0.1, 0.15) is 90.2 Å². The minimum atomic E-state index is 0.193. The number of hydrogen-bond acceptors (Lipinski definition) is 2. The van der Waals surface area contributed by atoms with E-state index in [1.807, 2.05) is 12.1 Å². The first-order chi connectivity index (χ1) is 17.9. The second kappa shape index (κ2) is 20.1. The molecule has 4 heteroatoms. The molecule has 0 atom stereocenters. The fourth-order valence-electron chi connectivity index (χ4n) is 4.32. The van der Waals surface area contributed by atoms with Gasteiger partial charge in [0.05, 0.1) is 0 Å². The summed E-state index contributed by atoms with van der Waals surface area (Å²) in [6.07, 6.45) is 13.3. The molecule has 0 heterocycles. The largest absolute Gasteiger partial charge is 0.399 e. The van der Waals surface area contributed by atoms with Crippen LogP contribution in [0.5, 0.6) is 0 Å². The summed E-state index contributed by atoms with van der Waals surface area (Å²) in [5.41, 5.74) is 19.2. The zero-order valence-corrected chi connectivity index (χ0v) is 23.9.